The molecule has 0 saturated heterocycles. The van der Waals surface area contributed by atoms with Gasteiger partial charge in [0.05, 0.1) is 7.11 Å². The zero-order chi connectivity index (χ0) is 9.26. The Bertz CT molecular complexity index is 447. The summed E-state index contributed by atoms with van der Waals surface area (Å²) in [6.07, 6.45) is 2.23. The maximum absolute atomic E-state index is 10.6. The first kappa shape index (κ1) is 7.79. The van der Waals surface area contributed by atoms with Gasteiger partial charge in [0.2, 0.25) is 5.76 Å². The van der Waals surface area contributed by atoms with Gasteiger partial charge in [-0.2, -0.15) is 0 Å². The molecule has 0 fully saturated rings. The number of methoxy groups -OCH3 is 1. The molecule has 0 spiro atoms. The van der Waals surface area contributed by atoms with Gasteiger partial charge in [-0.1, -0.05) is 0 Å². The Kier molecular flexibility index (Phi) is 1.73. The van der Waals surface area contributed by atoms with Gasteiger partial charge in [0.1, 0.15) is 0 Å². The van der Waals surface area contributed by atoms with E-state index in [1.165, 1.54) is 7.11 Å². The Morgan fingerprint density at radius 2 is 2.46 bits per heavy atom. The van der Waals surface area contributed by atoms with Crippen molar-refractivity contribution in [2.24, 2.45) is 0 Å². The van der Waals surface area contributed by atoms with Crippen LogP contribution in [0.5, 0.6) is 5.75 Å². The standard InChI is InChI=1S/C9H7NO3/c1-12-9-7(5-11)13-6-3-2-4-10-8(6)9/h2-5H,1H3. The smallest absolute Gasteiger partial charge is 0.211 e. The van der Waals surface area contributed by atoms with E-state index in [0.29, 0.717) is 23.1 Å². The maximum Gasteiger partial charge on any atom is 0.211 e. The maximum atomic E-state index is 10.6. The number of rotatable bonds is 2. The Hall–Kier alpha value is -1.84. The average molecular weight is 177 g/mol. The zero-order valence-electron chi connectivity index (χ0n) is 6.98. The van der Waals surface area contributed by atoms with Gasteiger partial charge in [-0.15, -0.1) is 0 Å². The first-order valence-electron chi connectivity index (χ1n) is 3.73. The molecule has 2 aromatic heterocycles. The van der Waals surface area contributed by atoms with E-state index in [0.717, 1.165) is 0 Å². The van der Waals surface area contributed by atoms with Crippen LogP contribution in [0.4, 0.5) is 0 Å². The molecule has 2 heterocycles. The third-order valence-corrected chi connectivity index (χ3v) is 1.74. The van der Waals surface area contributed by atoms with Crippen LogP contribution in [0.25, 0.3) is 11.1 Å². The van der Waals surface area contributed by atoms with Crippen molar-refractivity contribution in [1.82, 2.24) is 4.98 Å². The summed E-state index contributed by atoms with van der Waals surface area (Å²) in [5.74, 6) is 0.571. The van der Waals surface area contributed by atoms with Crippen molar-refractivity contribution in [3.63, 3.8) is 0 Å². The van der Waals surface area contributed by atoms with E-state index in [1.54, 1.807) is 18.3 Å². The van der Waals surface area contributed by atoms with E-state index < -0.39 is 0 Å². The summed E-state index contributed by atoms with van der Waals surface area (Å²) in [4.78, 5) is 14.6. The largest absolute Gasteiger partial charge is 0.491 e. The highest BCUT2D eigenvalue weighted by Crippen LogP contribution is 2.29. The molecule has 0 bridgehead atoms. The molecule has 4 nitrogen and oxygen atoms in total. The predicted octanol–water partition coefficient (Wildman–Crippen LogP) is 1.65. The summed E-state index contributed by atoms with van der Waals surface area (Å²) in [7, 11) is 1.48. The first-order valence-corrected chi connectivity index (χ1v) is 3.73. The highest BCUT2D eigenvalue weighted by atomic mass is 16.5. The number of furan rings is 1. The molecule has 0 aliphatic carbocycles. The van der Waals surface area contributed by atoms with Gasteiger partial charge in [-0.25, -0.2) is 4.98 Å². The first-order chi connectivity index (χ1) is 6.36. The summed E-state index contributed by atoms with van der Waals surface area (Å²) < 4.78 is 10.2. The second-order valence-electron chi connectivity index (χ2n) is 2.47. The molecule has 0 saturated carbocycles. The van der Waals surface area contributed by atoms with Crippen LogP contribution < -0.4 is 4.74 Å². The van der Waals surface area contributed by atoms with Gasteiger partial charge in [0.25, 0.3) is 0 Å². The van der Waals surface area contributed by atoms with Crippen molar-refractivity contribution in [1.29, 1.82) is 0 Å². The summed E-state index contributed by atoms with van der Waals surface area (Å²) in [5, 5.41) is 0. The van der Waals surface area contributed by atoms with Gasteiger partial charge < -0.3 is 9.15 Å². The molecule has 66 valence electrons. The van der Waals surface area contributed by atoms with Crippen LogP contribution in [0.1, 0.15) is 10.6 Å². The van der Waals surface area contributed by atoms with Crippen LogP contribution in [0.3, 0.4) is 0 Å². The number of pyridine rings is 1. The molecule has 0 N–H and O–H groups in total. The summed E-state index contributed by atoms with van der Waals surface area (Å²) in [5.41, 5.74) is 1.13. The lowest BCUT2D eigenvalue weighted by Gasteiger charge is -1.93. The topological polar surface area (TPSA) is 52.3 Å². The molecule has 0 radical (unpaired) electrons. The van der Waals surface area contributed by atoms with Crippen LogP contribution in [0.15, 0.2) is 22.7 Å². The minimum Gasteiger partial charge on any atom is -0.491 e. The Balaban J connectivity index is 2.81. The third kappa shape index (κ3) is 1.07. The van der Waals surface area contributed by atoms with Gasteiger partial charge in [0.15, 0.2) is 23.1 Å². The second kappa shape index (κ2) is 2.90. The van der Waals surface area contributed by atoms with Gasteiger partial charge in [-0.05, 0) is 12.1 Å². The Morgan fingerprint density at radius 3 is 3.15 bits per heavy atom. The van der Waals surface area contributed by atoms with Crippen molar-refractivity contribution < 1.29 is 13.9 Å². The molecule has 0 aromatic carbocycles. The van der Waals surface area contributed by atoms with Crippen LogP contribution in [0, 0.1) is 0 Å². The summed E-state index contributed by atoms with van der Waals surface area (Å²) >= 11 is 0. The fourth-order valence-electron chi connectivity index (χ4n) is 1.20. The number of ether oxygens (including phenoxy) is 1. The number of fused-ring (bicyclic) bond motifs is 1. The molecule has 4 heteroatoms. The number of carbonyl (C=O) groups excluding carboxylic acids is 1. The highest BCUT2D eigenvalue weighted by molar-refractivity contribution is 5.90. The number of carbonyl (C=O) groups is 1. The highest BCUT2D eigenvalue weighted by Gasteiger charge is 2.14. The van der Waals surface area contributed by atoms with Crippen LogP contribution in [-0.2, 0) is 0 Å². The third-order valence-electron chi connectivity index (χ3n) is 1.74. The monoisotopic (exact) mass is 177 g/mol. The number of aldehydes is 1. The molecule has 0 aliphatic heterocycles. The van der Waals surface area contributed by atoms with Crippen molar-refractivity contribution >= 4 is 17.4 Å². The molecular formula is C9H7NO3. The number of hydrogen-bond acceptors (Lipinski definition) is 4. The average Bonchev–Trinajstić information content (AvgIpc) is 2.55. The lowest BCUT2D eigenvalue weighted by atomic mass is 10.3. The minimum atomic E-state index is 0.177. The predicted molar refractivity (Wildman–Crippen MR) is 45.9 cm³/mol. The van der Waals surface area contributed by atoms with Crippen molar-refractivity contribution in [2.75, 3.05) is 7.11 Å². The van der Waals surface area contributed by atoms with Gasteiger partial charge in [0, 0.05) is 6.20 Å². The number of nitrogens with zero attached hydrogens (tertiary/aromatic N) is 1. The molecule has 0 aliphatic rings. The molecule has 0 amide bonds. The molecule has 0 atom stereocenters. The normalized spacial score (nSPS) is 10.2. The fraction of sp³-hybridized carbons (Fsp3) is 0.111. The molecular weight excluding hydrogens is 170 g/mol. The van der Waals surface area contributed by atoms with Crippen LogP contribution >= 0.6 is 0 Å². The zero-order valence-corrected chi connectivity index (χ0v) is 6.98. The van der Waals surface area contributed by atoms with Crippen LogP contribution in [-0.4, -0.2) is 18.4 Å². The molecule has 2 rings (SSSR count). The van der Waals surface area contributed by atoms with E-state index in [9.17, 15) is 4.79 Å². The quantitative estimate of drug-likeness (QED) is 0.654. The van der Waals surface area contributed by atoms with Crippen molar-refractivity contribution in [3.8, 4) is 5.75 Å². The fourth-order valence-corrected chi connectivity index (χ4v) is 1.20. The van der Waals surface area contributed by atoms with E-state index >= 15 is 0 Å². The van der Waals surface area contributed by atoms with Crippen molar-refractivity contribution in [3.05, 3.63) is 24.1 Å². The van der Waals surface area contributed by atoms with Gasteiger partial charge in [-0.3, -0.25) is 4.79 Å². The minimum absolute atomic E-state index is 0.177. The number of hydrogen-bond donors (Lipinski definition) is 0. The summed E-state index contributed by atoms with van der Waals surface area (Å²) in [6, 6.07) is 3.47. The Labute approximate surface area is 74.1 Å². The second-order valence-corrected chi connectivity index (χ2v) is 2.47. The van der Waals surface area contributed by atoms with E-state index in [1.807, 2.05) is 0 Å². The van der Waals surface area contributed by atoms with E-state index in [2.05, 4.69) is 4.98 Å². The SMILES string of the molecule is COc1c(C=O)oc2cccnc12. The lowest BCUT2D eigenvalue weighted by Crippen LogP contribution is -1.86. The molecule has 13 heavy (non-hydrogen) atoms. The van der Waals surface area contributed by atoms with E-state index in [-0.39, 0.29) is 5.76 Å². The lowest BCUT2D eigenvalue weighted by molar-refractivity contribution is 0.109. The van der Waals surface area contributed by atoms with E-state index in [4.69, 9.17) is 9.15 Å². The molecule has 2 aromatic rings. The molecule has 0 unspecified atom stereocenters. The Morgan fingerprint density at radius 1 is 1.62 bits per heavy atom. The summed E-state index contributed by atoms with van der Waals surface area (Å²) in [6.45, 7) is 0. The van der Waals surface area contributed by atoms with Crippen molar-refractivity contribution in [2.45, 2.75) is 0 Å². The van der Waals surface area contributed by atoms with Crippen LogP contribution in [0.2, 0.25) is 0 Å². The van der Waals surface area contributed by atoms with Gasteiger partial charge >= 0.3 is 0 Å². The number of aromatic nitrogens is 1.